The number of amides is 1. The lowest BCUT2D eigenvalue weighted by Crippen LogP contribution is -2.10. The number of primary amides is 1. The van der Waals surface area contributed by atoms with Gasteiger partial charge in [-0.3, -0.25) is 4.79 Å². The van der Waals surface area contributed by atoms with Crippen molar-refractivity contribution in [2.45, 2.75) is 6.42 Å². The van der Waals surface area contributed by atoms with E-state index in [4.69, 9.17) is 16.2 Å². The molecule has 1 aromatic heterocycles. The van der Waals surface area contributed by atoms with Crippen molar-refractivity contribution in [3.05, 3.63) is 40.8 Å². The van der Waals surface area contributed by atoms with Crippen LogP contribution in [0.5, 0.6) is 5.75 Å². The predicted octanol–water partition coefficient (Wildman–Crippen LogP) is 2.09. The third-order valence-electron chi connectivity index (χ3n) is 2.83. The summed E-state index contributed by atoms with van der Waals surface area (Å²) in [5.74, 6) is 0.354. The van der Waals surface area contributed by atoms with Crippen molar-refractivity contribution in [3.63, 3.8) is 0 Å². The molecule has 5 nitrogen and oxygen atoms in total. The summed E-state index contributed by atoms with van der Waals surface area (Å²) >= 11 is 1.28. The minimum atomic E-state index is -0.492. The number of nitrogen functional groups attached to an aromatic ring is 1. The van der Waals surface area contributed by atoms with Crippen molar-refractivity contribution in [2.24, 2.45) is 5.73 Å². The molecule has 0 radical (unpaired) electrons. The molecular weight excluding hydrogens is 274 g/mol. The molecule has 0 saturated heterocycles. The fraction of sp³-hybridized carbons (Fsp3) is 0.214. The summed E-state index contributed by atoms with van der Waals surface area (Å²) in [6, 6.07) is 9.65. The lowest BCUT2D eigenvalue weighted by Gasteiger charge is -2.05. The number of nitrogens with two attached hydrogens (primary N) is 2. The van der Waals surface area contributed by atoms with Crippen molar-refractivity contribution in [1.29, 1.82) is 0 Å². The Bertz CT molecular complexity index is 610. The van der Waals surface area contributed by atoms with E-state index in [1.54, 1.807) is 13.2 Å². The van der Waals surface area contributed by atoms with Crippen LogP contribution >= 0.6 is 11.3 Å². The summed E-state index contributed by atoms with van der Waals surface area (Å²) in [6.45, 7) is 0.741. The van der Waals surface area contributed by atoms with Gasteiger partial charge in [0.05, 0.1) is 17.8 Å². The van der Waals surface area contributed by atoms with E-state index < -0.39 is 5.91 Å². The third kappa shape index (κ3) is 3.42. The van der Waals surface area contributed by atoms with Crippen LogP contribution in [0.2, 0.25) is 0 Å². The maximum atomic E-state index is 11.1. The molecule has 2 rings (SSSR count). The Kier molecular flexibility index (Phi) is 4.47. The first-order valence-corrected chi connectivity index (χ1v) is 6.97. The van der Waals surface area contributed by atoms with Gasteiger partial charge in [-0.05, 0) is 30.2 Å². The number of carbonyl (C=O) groups is 1. The number of benzene rings is 1. The summed E-state index contributed by atoms with van der Waals surface area (Å²) in [5, 5.41) is 4.08. The molecule has 0 aliphatic heterocycles. The lowest BCUT2D eigenvalue weighted by atomic mass is 10.1. The van der Waals surface area contributed by atoms with Crippen LogP contribution < -0.4 is 21.5 Å². The fourth-order valence-corrected chi connectivity index (χ4v) is 2.70. The zero-order chi connectivity index (χ0) is 14.5. The van der Waals surface area contributed by atoms with Crippen molar-refractivity contribution >= 4 is 27.9 Å². The zero-order valence-electron chi connectivity index (χ0n) is 11.2. The van der Waals surface area contributed by atoms with Crippen molar-refractivity contribution < 1.29 is 9.53 Å². The molecule has 0 aliphatic carbocycles. The Balaban J connectivity index is 1.92. The fourth-order valence-electron chi connectivity index (χ4n) is 1.84. The molecule has 0 unspecified atom stereocenters. The Morgan fingerprint density at radius 3 is 2.85 bits per heavy atom. The molecule has 0 spiro atoms. The molecule has 0 bridgehead atoms. The number of ether oxygens (including phenoxy) is 1. The van der Waals surface area contributed by atoms with E-state index in [-0.39, 0.29) is 0 Å². The van der Waals surface area contributed by atoms with Gasteiger partial charge in [0.1, 0.15) is 10.6 Å². The minimum absolute atomic E-state index is 0.397. The van der Waals surface area contributed by atoms with Crippen LogP contribution in [0.15, 0.2) is 30.3 Å². The van der Waals surface area contributed by atoms with Crippen molar-refractivity contribution in [1.82, 2.24) is 0 Å². The van der Waals surface area contributed by atoms with Gasteiger partial charge in [0.15, 0.2) is 0 Å². The van der Waals surface area contributed by atoms with Gasteiger partial charge in [-0.1, -0.05) is 12.1 Å². The highest BCUT2D eigenvalue weighted by atomic mass is 32.1. The molecule has 0 aliphatic rings. The van der Waals surface area contributed by atoms with Gasteiger partial charge >= 0.3 is 0 Å². The van der Waals surface area contributed by atoms with Crippen LogP contribution in [0.4, 0.5) is 10.7 Å². The average Bonchev–Trinajstić information content (AvgIpc) is 2.80. The molecule has 5 N–H and O–H groups in total. The monoisotopic (exact) mass is 291 g/mol. The molecule has 0 atom stereocenters. The highest BCUT2D eigenvalue weighted by Gasteiger charge is 2.10. The summed E-state index contributed by atoms with van der Waals surface area (Å²) in [7, 11) is 1.65. The number of anilines is 2. The van der Waals surface area contributed by atoms with Crippen LogP contribution in [0.25, 0.3) is 0 Å². The SMILES string of the molecule is COc1cccc(CCNc2cc(N)c(C(N)=O)s2)c1. The topological polar surface area (TPSA) is 90.4 Å². The molecule has 2 aromatic rings. The number of thiophene rings is 1. The second-order valence-electron chi connectivity index (χ2n) is 4.29. The largest absolute Gasteiger partial charge is 0.497 e. The Hall–Kier alpha value is -2.21. The first-order valence-electron chi connectivity index (χ1n) is 6.16. The van der Waals surface area contributed by atoms with Crippen LogP contribution in [-0.4, -0.2) is 19.6 Å². The molecule has 20 heavy (non-hydrogen) atoms. The van der Waals surface area contributed by atoms with E-state index in [0.29, 0.717) is 10.6 Å². The minimum Gasteiger partial charge on any atom is -0.497 e. The highest BCUT2D eigenvalue weighted by molar-refractivity contribution is 7.18. The molecular formula is C14H17N3O2S. The van der Waals surface area contributed by atoms with Gasteiger partial charge in [-0.2, -0.15) is 0 Å². The second kappa shape index (κ2) is 6.29. The second-order valence-corrected chi connectivity index (χ2v) is 5.34. The van der Waals surface area contributed by atoms with Crippen molar-refractivity contribution in [3.8, 4) is 5.75 Å². The van der Waals surface area contributed by atoms with E-state index in [2.05, 4.69) is 5.32 Å². The normalized spacial score (nSPS) is 10.2. The van der Waals surface area contributed by atoms with E-state index in [9.17, 15) is 4.79 Å². The maximum absolute atomic E-state index is 11.1. The van der Waals surface area contributed by atoms with Crippen LogP contribution in [0, 0.1) is 0 Å². The first kappa shape index (κ1) is 14.2. The molecule has 6 heteroatoms. The number of hydrogen-bond donors (Lipinski definition) is 3. The third-order valence-corrected chi connectivity index (χ3v) is 3.95. The van der Waals surface area contributed by atoms with Gasteiger partial charge in [0, 0.05) is 6.54 Å². The van der Waals surface area contributed by atoms with E-state index >= 15 is 0 Å². The standard InChI is InChI=1S/C14H17N3O2S/c1-19-10-4-2-3-9(7-10)5-6-17-12-8-11(15)13(20-12)14(16)18/h2-4,7-8,17H,5-6,15H2,1H3,(H2,16,18). The zero-order valence-corrected chi connectivity index (χ0v) is 12.0. The average molecular weight is 291 g/mol. The van der Waals surface area contributed by atoms with Gasteiger partial charge in [0.2, 0.25) is 0 Å². The molecule has 1 aromatic carbocycles. The maximum Gasteiger partial charge on any atom is 0.260 e. The number of rotatable bonds is 6. The summed E-state index contributed by atoms with van der Waals surface area (Å²) in [4.78, 5) is 11.5. The number of hydrogen-bond acceptors (Lipinski definition) is 5. The lowest BCUT2D eigenvalue weighted by molar-refractivity contribution is 0.100. The van der Waals surface area contributed by atoms with Crippen molar-refractivity contribution in [2.75, 3.05) is 24.7 Å². The summed E-state index contributed by atoms with van der Waals surface area (Å²) in [6.07, 6.45) is 0.848. The van der Waals surface area contributed by atoms with Gasteiger partial charge in [-0.25, -0.2) is 0 Å². The van der Waals surface area contributed by atoms with Gasteiger partial charge in [0.25, 0.3) is 5.91 Å². The molecule has 0 saturated carbocycles. The van der Waals surface area contributed by atoms with Gasteiger partial charge in [-0.15, -0.1) is 11.3 Å². The smallest absolute Gasteiger partial charge is 0.260 e. The van der Waals surface area contributed by atoms with Gasteiger partial charge < -0.3 is 21.5 Å². The Morgan fingerprint density at radius 2 is 2.20 bits per heavy atom. The quantitative estimate of drug-likeness (QED) is 0.760. The number of nitrogens with one attached hydrogen (secondary N) is 1. The van der Waals surface area contributed by atoms with E-state index in [1.807, 2.05) is 24.3 Å². The Labute approximate surface area is 121 Å². The summed E-state index contributed by atoms with van der Waals surface area (Å²) in [5.41, 5.74) is 12.5. The van der Waals surface area contributed by atoms with Crippen LogP contribution in [0.3, 0.4) is 0 Å². The van der Waals surface area contributed by atoms with Crippen LogP contribution in [0.1, 0.15) is 15.2 Å². The molecule has 1 heterocycles. The highest BCUT2D eigenvalue weighted by Crippen LogP contribution is 2.28. The number of methoxy groups -OCH3 is 1. The molecule has 1 amide bonds. The van der Waals surface area contributed by atoms with Crippen LogP contribution in [-0.2, 0) is 6.42 Å². The Morgan fingerprint density at radius 1 is 1.40 bits per heavy atom. The summed E-state index contributed by atoms with van der Waals surface area (Å²) < 4.78 is 5.18. The molecule has 0 fully saturated rings. The predicted molar refractivity (Wildman–Crippen MR) is 82.4 cm³/mol. The molecule has 106 valence electrons. The van der Waals surface area contributed by atoms with E-state index in [0.717, 1.165) is 23.7 Å². The van der Waals surface area contributed by atoms with E-state index in [1.165, 1.54) is 16.9 Å². The number of carbonyl (C=O) groups excluding carboxylic acids is 1. The first-order chi connectivity index (χ1) is 9.60.